The summed E-state index contributed by atoms with van der Waals surface area (Å²) in [7, 11) is 0. The van der Waals surface area contributed by atoms with Crippen LogP contribution in [0.25, 0.3) is 0 Å². The quantitative estimate of drug-likeness (QED) is 0.758. The van der Waals surface area contributed by atoms with Crippen LogP contribution in [-0.4, -0.2) is 35.1 Å². The molecule has 0 unspecified atom stereocenters. The zero-order valence-electron chi connectivity index (χ0n) is 8.79. The molecule has 1 aliphatic heterocycles. The molecule has 3 nitrogen and oxygen atoms in total. The van der Waals surface area contributed by atoms with E-state index in [2.05, 4.69) is 0 Å². The summed E-state index contributed by atoms with van der Waals surface area (Å²) in [6.45, 7) is 0.445. The smallest absolute Gasteiger partial charge is 0.254 e. The zero-order valence-corrected chi connectivity index (χ0v) is 8.79. The van der Waals surface area contributed by atoms with Crippen molar-refractivity contribution in [2.24, 2.45) is 0 Å². The molecule has 0 spiro atoms. The monoisotopic (exact) mass is 245 g/mol. The third kappa shape index (κ3) is 2.26. The van der Waals surface area contributed by atoms with Crippen molar-refractivity contribution in [2.75, 3.05) is 13.1 Å². The second kappa shape index (κ2) is 4.37. The van der Waals surface area contributed by atoms with Gasteiger partial charge in [-0.3, -0.25) is 4.79 Å². The van der Waals surface area contributed by atoms with Gasteiger partial charge in [0.05, 0.1) is 6.10 Å². The molecule has 1 atom stereocenters. The standard InChI is InChI=1S/C11H10F3NO2/c12-8-3-6(4-9(13)10(8)14)11(17)15-2-1-7(16)5-15/h3-4,7,16H,1-2,5H2/t7-/m1/s1. The Morgan fingerprint density at radius 2 is 1.88 bits per heavy atom. The first kappa shape index (κ1) is 11.9. The fourth-order valence-corrected chi connectivity index (χ4v) is 1.79. The molecule has 6 heteroatoms. The topological polar surface area (TPSA) is 40.5 Å². The second-order valence-electron chi connectivity index (χ2n) is 3.95. The lowest BCUT2D eigenvalue weighted by Gasteiger charge is -2.15. The number of aliphatic hydroxyl groups is 1. The summed E-state index contributed by atoms with van der Waals surface area (Å²) >= 11 is 0. The fourth-order valence-electron chi connectivity index (χ4n) is 1.79. The van der Waals surface area contributed by atoms with Crippen molar-refractivity contribution in [1.82, 2.24) is 4.90 Å². The van der Waals surface area contributed by atoms with Crippen molar-refractivity contribution >= 4 is 5.91 Å². The molecule has 92 valence electrons. The van der Waals surface area contributed by atoms with Crippen molar-refractivity contribution < 1.29 is 23.1 Å². The molecule has 1 aliphatic rings. The van der Waals surface area contributed by atoms with Crippen LogP contribution < -0.4 is 0 Å². The highest BCUT2D eigenvalue weighted by molar-refractivity contribution is 5.94. The van der Waals surface area contributed by atoms with Crippen molar-refractivity contribution in [3.63, 3.8) is 0 Å². The Labute approximate surface area is 95.5 Å². The molecule has 17 heavy (non-hydrogen) atoms. The Hall–Kier alpha value is -1.56. The van der Waals surface area contributed by atoms with Gasteiger partial charge >= 0.3 is 0 Å². The summed E-state index contributed by atoms with van der Waals surface area (Å²) in [5.74, 6) is -5.00. The lowest BCUT2D eigenvalue weighted by molar-refractivity contribution is 0.0763. The van der Waals surface area contributed by atoms with Crippen LogP contribution in [0.2, 0.25) is 0 Å². The lowest BCUT2D eigenvalue weighted by atomic mass is 10.2. The van der Waals surface area contributed by atoms with E-state index in [1.165, 1.54) is 4.90 Å². The minimum atomic E-state index is -1.59. The van der Waals surface area contributed by atoms with Gasteiger partial charge in [0.15, 0.2) is 17.5 Å². The van der Waals surface area contributed by atoms with E-state index in [9.17, 15) is 23.1 Å². The SMILES string of the molecule is O=C(c1cc(F)c(F)c(F)c1)N1CC[C@@H](O)C1. The van der Waals surface area contributed by atoms with Gasteiger partial charge in [0.2, 0.25) is 0 Å². The summed E-state index contributed by atoms with van der Waals surface area (Å²) in [6.07, 6.45) is -0.188. The summed E-state index contributed by atoms with van der Waals surface area (Å²) < 4.78 is 38.6. The van der Waals surface area contributed by atoms with Gasteiger partial charge in [0, 0.05) is 18.7 Å². The predicted molar refractivity (Wildman–Crippen MR) is 52.8 cm³/mol. The number of hydrogen-bond donors (Lipinski definition) is 1. The largest absolute Gasteiger partial charge is 0.391 e. The van der Waals surface area contributed by atoms with Crippen LogP contribution in [0, 0.1) is 17.5 Å². The number of likely N-dealkylation sites (tertiary alicyclic amines) is 1. The average molecular weight is 245 g/mol. The first-order valence-corrected chi connectivity index (χ1v) is 5.11. The number of carbonyl (C=O) groups is 1. The van der Waals surface area contributed by atoms with Crippen molar-refractivity contribution in [1.29, 1.82) is 0 Å². The number of rotatable bonds is 1. The van der Waals surface area contributed by atoms with Crippen LogP contribution >= 0.6 is 0 Å². The molecule has 1 fully saturated rings. The third-order valence-corrected chi connectivity index (χ3v) is 2.68. The van der Waals surface area contributed by atoms with Crippen LogP contribution in [0.3, 0.4) is 0 Å². The highest BCUT2D eigenvalue weighted by Gasteiger charge is 2.26. The molecular formula is C11H10F3NO2. The number of β-amino-alcohol motifs (C(OH)–C–C–N with tert-alkyl or cyclic N) is 1. The van der Waals surface area contributed by atoms with Crippen molar-refractivity contribution in [3.8, 4) is 0 Å². The fraction of sp³-hybridized carbons (Fsp3) is 0.364. The molecule has 0 bridgehead atoms. The number of nitrogens with zero attached hydrogens (tertiary/aromatic N) is 1. The van der Waals surface area contributed by atoms with Crippen LogP contribution in [0.4, 0.5) is 13.2 Å². The summed E-state index contributed by atoms with van der Waals surface area (Å²) in [5, 5.41) is 9.25. The van der Waals surface area contributed by atoms with E-state index in [0.29, 0.717) is 25.1 Å². The average Bonchev–Trinajstić information content (AvgIpc) is 2.71. The Morgan fingerprint density at radius 1 is 1.29 bits per heavy atom. The maximum atomic E-state index is 12.9. The Kier molecular flexibility index (Phi) is 3.06. The van der Waals surface area contributed by atoms with Gasteiger partial charge in [-0.2, -0.15) is 0 Å². The molecule has 0 aliphatic carbocycles. The van der Waals surface area contributed by atoms with E-state index in [1.807, 2.05) is 0 Å². The van der Waals surface area contributed by atoms with E-state index < -0.39 is 29.5 Å². The van der Waals surface area contributed by atoms with Gasteiger partial charge in [-0.15, -0.1) is 0 Å². The van der Waals surface area contributed by atoms with Gasteiger partial charge in [-0.25, -0.2) is 13.2 Å². The maximum absolute atomic E-state index is 12.9. The third-order valence-electron chi connectivity index (χ3n) is 2.68. The summed E-state index contributed by atoms with van der Waals surface area (Å²) in [5.41, 5.74) is -0.254. The zero-order chi connectivity index (χ0) is 12.6. The number of halogens is 3. The molecule has 1 N–H and O–H groups in total. The Balaban J connectivity index is 2.25. The minimum absolute atomic E-state index is 0.124. The van der Waals surface area contributed by atoms with E-state index >= 15 is 0 Å². The molecular weight excluding hydrogens is 235 g/mol. The Morgan fingerprint density at radius 3 is 2.35 bits per heavy atom. The van der Waals surface area contributed by atoms with Crippen LogP contribution in [0.5, 0.6) is 0 Å². The van der Waals surface area contributed by atoms with E-state index in [4.69, 9.17) is 0 Å². The van der Waals surface area contributed by atoms with E-state index in [0.717, 1.165) is 0 Å². The summed E-state index contributed by atoms with van der Waals surface area (Å²) in [4.78, 5) is 13.0. The molecule has 1 amide bonds. The molecule has 2 rings (SSSR count). The Bertz CT molecular complexity index is 441. The van der Waals surface area contributed by atoms with E-state index in [-0.39, 0.29) is 12.1 Å². The van der Waals surface area contributed by atoms with Crippen LogP contribution in [0.1, 0.15) is 16.8 Å². The molecule has 1 aromatic carbocycles. The van der Waals surface area contributed by atoms with Gasteiger partial charge in [-0.05, 0) is 18.6 Å². The van der Waals surface area contributed by atoms with Crippen molar-refractivity contribution in [3.05, 3.63) is 35.1 Å². The number of benzene rings is 1. The van der Waals surface area contributed by atoms with Crippen LogP contribution in [-0.2, 0) is 0 Å². The highest BCUT2D eigenvalue weighted by atomic mass is 19.2. The normalized spacial score (nSPS) is 19.8. The maximum Gasteiger partial charge on any atom is 0.254 e. The van der Waals surface area contributed by atoms with Gasteiger partial charge in [-0.1, -0.05) is 0 Å². The first-order valence-electron chi connectivity index (χ1n) is 5.11. The van der Waals surface area contributed by atoms with Gasteiger partial charge in [0.1, 0.15) is 0 Å². The molecule has 0 saturated carbocycles. The van der Waals surface area contributed by atoms with Crippen LogP contribution in [0.15, 0.2) is 12.1 Å². The molecule has 0 radical (unpaired) electrons. The van der Waals surface area contributed by atoms with Gasteiger partial charge < -0.3 is 10.0 Å². The van der Waals surface area contributed by atoms with E-state index in [1.54, 1.807) is 0 Å². The first-order chi connectivity index (χ1) is 7.99. The second-order valence-corrected chi connectivity index (χ2v) is 3.95. The van der Waals surface area contributed by atoms with Gasteiger partial charge in [0.25, 0.3) is 5.91 Å². The number of amides is 1. The molecule has 1 saturated heterocycles. The minimum Gasteiger partial charge on any atom is -0.391 e. The lowest BCUT2D eigenvalue weighted by Crippen LogP contribution is -2.29. The molecule has 0 aromatic heterocycles. The number of carbonyl (C=O) groups excluding carboxylic acids is 1. The summed E-state index contributed by atoms with van der Waals surface area (Å²) in [6, 6.07) is 1.32. The number of hydrogen-bond acceptors (Lipinski definition) is 2. The number of aliphatic hydroxyl groups excluding tert-OH is 1. The predicted octanol–water partition coefficient (Wildman–Crippen LogP) is 1.31. The van der Waals surface area contributed by atoms with Crippen molar-refractivity contribution in [2.45, 2.75) is 12.5 Å². The molecule has 1 heterocycles. The highest BCUT2D eigenvalue weighted by Crippen LogP contribution is 2.17. The molecule has 1 aromatic rings.